The molecule has 2 nitrogen and oxygen atoms in total. The van der Waals surface area contributed by atoms with Crippen LogP contribution in [0.5, 0.6) is 5.75 Å². The van der Waals surface area contributed by atoms with Crippen molar-refractivity contribution in [1.29, 1.82) is 5.41 Å². The minimum atomic E-state index is -4.35. The molecule has 0 atom stereocenters. The van der Waals surface area contributed by atoms with E-state index in [9.17, 15) is 13.2 Å². The molecule has 23 heavy (non-hydrogen) atoms. The molecule has 0 amide bonds. The monoisotopic (exact) mass is 319 g/mol. The van der Waals surface area contributed by atoms with Crippen molar-refractivity contribution in [2.45, 2.75) is 32.0 Å². The Hall–Kier alpha value is -2.30. The van der Waals surface area contributed by atoms with Gasteiger partial charge >= 0.3 is 6.18 Å². The lowest BCUT2D eigenvalue weighted by molar-refractivity contribution is -0.137. The summed E-state index contributed by atoms with van der Waals surface area (Å²) in [6.45, 7) is 0.0771. The van der Waals surface area contributed by atoms with Crippen LogP contribution in [0.1, 0.15) is 35.1 Å². The van der Waals surface area contributed by atoms with Gasteiger partial charge in [0.2, 0.25) is 0 Å². The van der Waals surface area contributed by atoms with Gasteiger partial charge in [-0.1, -0.05) is 24.3 Å². The summed E-state index contributed by atoms with van der Waals surface area (Å²) in [5, 5.41) is 7.98. The average Bonchev–Trinajstić information content (AvgIpc) is 2.53. The fraction of sp³-hybridized carbons (Fsp3) is 0.278. The van der Waals surface area contributed by atoms with Crippen LogP contribution in [0.2, 0.25) is 0 Å². The Kier molecular flexibility index (Phi) is 4.11. The second kappa shape index (κ2) is 6.07. The predicted molar refractivity (Wildman–Crippen MR) is 82.0 cm³/mol. The molecule has 0 fully saturated rings. The van der Waals surface area contributed by atoms with E-state index in [1.807, 2.05) is 18.2 Å². The second-order valence-electron chi connectivity index (χ2n) is 5.60. The van der Waals surface area contributed by atoms with Gasteiger partial charge in [-0.15, -0.1) is 0 Å². The normalized spacial score (nSPS) is 14.5. The third-order valence-electron chi connectivity index (χ3n) is 3.96. The van der Waals surface area contributed by atoms with Crippen molar-refractivity contribution in [2.24, 2.45) is 0 Å². The van der Waals surface area contributed by atoms with Crippen molar-refractivity contribution in [3.8, 4) is 5.75 Å². The number of hydrogen-bond donors (Lipinski definition) is 1. The van der Waals surface area contributed by atoms with Crippen molar-refractivity contribution >= 4 is 5.71 Å². The highest BCUT2D eigenvalue weighted by Gasteiger charge is 2.30. The van der Waals surface area contributed by atoms with Crippen LogP contribution < -0.4 is 4.74 Å². The quantitative estimate of drug-likeness (QED) is 0.849. The lowest BCUT2D eigenvalue weighted by Gasteiger charge is -2.20. The van der Waals surface area contributed by atoms with Crippen molar-refractivity contribution in [2.75, 3.05) is 0 Å². The maximum atomic E-state index is 12.7. The topological polar surface area (TPSA) is 33.1 Å². The Morgan fingerprint density at radius 3 is 2.61 bits per heavy atom. The van der Waals surface area contributed by atoms with Gasteiger partial charge in [0.1, 0.15) is 12.4 Å². The zero-order chi connectivity index (χ0) is 16.4. The van der Waals surface area contributed by atoms with Crippen LogP contribution in [-0.4, -0.2) is 5.71 Å². The van der Waals surface area contributed by atoms with Gasteiger partial charge in [0.25, 0.3) is 0 Å². The van der Waals surface area contributed by atoms with Gasteiger partial charge in [-0.2, -0.15) is 13.2 Å². The molecule has 3 rings (SSSR count). The summed E-state index contributed by atoms with van der Waals surface area (Å²) in [5.74, 6) is 0.657. The van der Waals surface area contributed by atoms with Crippen molar-refractivity contribution in [3.63, 3.8) is 0 Å². The Morgan fingerprint density at radius 2 is 1.83 bits per heavy atom. The van der Waals surface area contributed by atoms with E-state index in [2.05, 4.69) is 0 Å². The van der Waals surface area contributed by atoms with E-state index >= 15 is 0 Å². The number of nitrogens with one attached hydrogen (secondary N) is 1. The van der Waals surface area contributed by atoms with Crippen LogP contribution in [0.15, 0.2) is 42.5 Å². The molecule has 1 N–H and O–H groups in total. The van der Waals surface area contributed by atoms with Gasteiger partial charge in [-0.3, -0.25) is 0 Å². The highest BCUT2D eigenvalue weighted by Crippen LogP contribution is 2.31. The van der Waals surface area contributed by atoms with E-state index in [0.717, 1.165) is 42.5 Å². The van der Waals surface area contributed by atoms with E-state index < -0.39 is 11.7 Å². The SMILES string of the molecule is N=C1CCCc2c(OCc3cccc(C(F)(F)F)c3)cccc21. The van der Waals surface area contributed by atoms with Gasteiger partial charge in [-0.05, 0) is 43.0 Å². The fourth-order valence-electron chi connectivity index (χ4n) is 2.82. The first kappa shape index (κ1) is 15.6. The van der Waals surface area contributed by atoms with Crippen LogP contribution in [0, 0.1) is 5.41 Å². The first-order chi connectivity index (χ1) is 10.9. The molecule has 0 saturated carbocycles. The summed E-state index contributed by atoms with van der Waals surface area (Å²) in [6.07, 6.45) is -1.87. The molecular formula is C18H16F3NO. The van der Waals surface area contributed by atoms with Crippen LogP contribution in [-0.2, 0) is 19.2 Å². The van der Waals surface area contributed by atoms with Crippen molar-refractivity contribution in [3.05, 3.63) is 64.7 Å². The number of fused-ring (bicyclic) bond motifs is 1. The van der Waals surface area contributed by atoms with Gasteiger partial charge in [-0.25, -0.2) is 0 Å². The summed E-state index contributed by atoms with van der Waals surface area (Å²) < 4.78 is 43.9. The first-order valence-electron chi connectivity index (χ1n) is 7.44. The summed E-state index contributed by atoms with van der Waals surface area (Å²) in [5.41, 5.74) is 2.27. The van der Waals surface area contributed by atoms with Crippen LogP contribution in [0.25, 0.3) is 0 Å². The van der Waals surface area contributed by atoms with E-state index in [0.29, 0.717) is 17.0 Å². The van der Waals surface area contributed by atoms with E-state index in [-0.39, 0.29) is 6.61 Å². The molecule has 0 aliphatic heterocycles. The second-order valence-corrected chi connectivity index (χ2v) is 5.60. The summed E-state index contributed by atoms with van der Waals surface area (Å²) >= 11 is 0. The predicted octanol–water partition coefficient (Wildman–Crippen LogP) is 4.99. The number of benzene rings is 2. The number of ether oxygens (including phenoxy) is 1. The highest BCUT2D eigenvalue weighted by atomic mass is 19.4. The Morgan fingerprint density at radius 1 is 1.04 bits per heavy atom. The van der Waals surface area contributed by atoms with Crippen LogP contribution in [0.4, 0.5) is 13.2 Å². The molecule has 0 unspecified atom stereocenters. The fourth-order valence-corrected chi connectivity index (χ4v) is 2.82. The largest absolute Gasteiger partial charge is 0.489 e. The van der Waals surface area contributed by atoms with Gasteiger partial charge in [0.15, 0.2) is 0 Å². The van der Waals surface area contributed by atoms with Crippen LogP contribution >= 0.6 is 0 Å². The lowest BCUT2D eigenvalue weighted by atomic mass is 9.89. The average molecular weight is 319 g/mol. The minimum absolute atomic E-state index is 0.0771. The van der Waals surface area contributed by atoms with E-state index in [1.54, 1.807) is 6.07 Å². The van der Waals surface area contributed by atoms with Crippen molar-refractivity contribution < 1.29 is 17.9 Å². The molecule has 0 bridgehead atoms. The third-order valence-corrected chi connectivity index (χ3v) is 3.96. The summed E-state index contributed by atoms with van der Waals surface area (Å²) in [6, 6.07) is 10.7. The molecule has 1 aliphatic rings. The molecule has 2 aromatic carbocycles. The highest BCUT2D eigenvalue weighted by molar-refractivity contribution is 6.01. The van der Waals surface area contributed by atoms with Crippen LogP contribution in [0.3, 0.4) is 0 Å². The summed E-state index contributed by atoms with van der Waals surface area (Å²) in [4.78, 5) is 0. The zero-order valence-corrected chi connectivity index (χ0v) is 12.4. The van der Waals surface area contributed by atoms with E-state index in [4.69, 9.17) is 10.1 Å². The molecule has 5 heteroatoms. The van der Waals surface area contributed by atoms with E-state index in [1.165, 1.54) is 6.07 Å². The maximum absolute atomic E-state index is 12.7. The molecule has 2 aromatic rings. The molecule has 0 heterocycles. The van der Waals surface area contributed by atoms with Gasteiger partial charge < -0.3 is 10.1 Å². The number of rotatable bonds is 3. The Balaban J connectivity index is 1.80. The maximum Gasteiger partial charge on any atom is 0.416 e. The number of halogens is 3. The molecular weight excluding hydrogens is 303 g/mol. The Bertz CT molecular complexity index is 737. The molecule has 0 saturated heterocycles. The third kappa shape index (κ3) is 3.38. The standard InChI is InChI=1S/C18H16F3NO/c19-18(20,21)13-5-1-4-12(10-13)11-23-17-9-3-6-14-15(17)7-2-8-16(14)22/h1,3-6,9-10,22H,2,7-8,11H2. The summed E-state index contributed by atoms with van der Waals surface area (Å²) in [7, 11) is 0. The molecule has 120 valence electrons. The number of alkyl halides is 3. The van der Waals surface area contributed by atoms with Gasteiger partial charge in [0, 0.05) is 16.8 Å². The molecule has 1 aliphatic carbocycles. The minimum Gasteiger partial charge on any atom is -0.489 e. The van der Waals surface area contributed by atoms with Crippen molar-refractivity contribution in [1.82, 2.24) is 0 Å². The molecule has 0 radical (unpaired) electrons. The number of hydrogen-bond acceptors (Lipinski definition) is 2. The molecule has 0 aromatic heterocycles. The molecule has 0 spiro atoms. The lowest BCUT2D eigenvalue weighted by Crippen LogP contribution is -2.12. The Labute approximate surface area is 132 Å². The smallest absolute Gasteiger partial charge is 0.416 e. The first-order valence-corrected chi connectivity index (χ1v) is 7.44. The van der Waals surface area contributed by atoms with Gasteiger partial charge in [0.05, 0.1) is 5.56 Å². The zero-order valence-electron chi connectivity index (χ0n) is 12.4.